The molecule has 0 unspecified atom stereocenters. The number of ether oxygens (including phenoxy) is 1. The van der Waals surface area contributed by atoms with Gasteiger partial charge in [0.25, 0.3) is 0 Å². The molecule has 0 aliphatic carbocycles. The molecule has 2 fully saturated rings. The summed E-state index contributed by atoms with van der Waals surface area (Å²) in [6.45, 7) is 2.40. The molecule has 43 heavy (non-hydrogen) atoms. The number of carbonyl (C=O) groups is 3. The third-order valence-electron chi connectivity index (χ3n) is 9.38. The number of piperidine rings is 2. The number of hydrogen-bond acceptors (Lipinski definition) is 7. The number of nitrogens with one attached hydrogen (secondary N) is 3. The molecule has 0 radical (unpaired) electrons. The number of aldehydes is 1. The maximum absolute atomic E-state index is 13.9. The maximum atomic E-state index is 13.9. The molecule has 0 spiro atoms. The molecule has 4 heterocycles. The highest BCUT2D eigenvalue weighted by molar-refractivity contribution is 6.35. The number of benzene rings is 2. The van der Waals surface area contributed by atoms with E-state index in [4.69, 9.17) is 16.3 Å². The molecule has 0 bridgehead atoms. The summed E-state index contributed by atoms with van der Waals surface area (Å²) in [5.74, 6) is 0. The fraction of sp³-hybridized carbons (Fsp3) is 0.484. The van der Waals surface area contributed by atoms with Gasteiger partial charge in [-0.05, 0) is 62.1 Å². The van der Waals surface area contributed by atoms with Gasteiger partial charge in [0.05, 0.1) is 16.7 Å². The fourth-order valence-corrected chi connectivity index (χ4v) is 7.35. The summed E-state index contributed by atoms with van der Waals surface area (Å²) in [6, 6.07) is 11.6. The third-order valence-corrected chi connectivity index (χ3v) is 9.68. The molecule has 2 saturated heterocycles. The lowest BCUT2D eigenvalue weighted by Gasteiger charge is -2.56. The largest absolute Gasteiger partial charge is 0.444 e. The molecule has 2 atom stereocenters. The highest BCUT2D eigenvalue weighted by Crippen LogP contribution is 2.39. The van der Waals surface area contributed by atoms with Crippen molar-refractivity contribution in [3.63, 3.8) is 0 Å². The van der Waals surface area contributed by atoms with Crippen LogP contribution in [0.5, 0.6) is 0 Å². The lowest BCUT2D eigenvalue weighted by atomic mass is 9.85. The number of fused-ring (bicyclic) bond motifs is 2. The molecule has 0 saturated carbocycles. The van der Waals surface area contributed by atoms with Gasteiger partial charge in [0.15, 0.2) is 0 Å². The summed E-state index contributed by atoms with van der Waals surface area (Å²) >= 11 is 6.41. The van der Waals surface area contributed by atoms with Gasteiger partial charge >= 0.3 is 12.1 Å². The molecular weight excluding hydrogens is 570 g/mol. The predicted octanol–water partition coefficient (Wildman–Crippen LogP) is 4.38. The summed E-state index contributed by atoms with van der Waals surface area (Å²) in [5, 5.41) is 14.7. The molecule has 6 rings (SSSR count). The molecule has 3 aromatic rings. The summed E-state index contributed by atoms with van der Waals surface area (Å²) in [4.78, 5) is 45.6. The Balaban J connectivity index is 1.25. The third kappa shape index (κ3) is 5.81. The standard InChI is InChI=1S/C31H38ClN7O4/c1-33-24-7-11-37(12-8-24)31(10-15-40)18-25(38-13-6-22-4-2-3-5-27(22)35-29(38)41)9-14-39(31)30(42)43-20-21-16-23-19-34-36-28(23)26(32)17-21/h2-5,15-17,19,24-25,33H,6-14,18,20H2,1H3,(H,34,36)(H,35,41)/t25-,31+/m1/s1. The molecule has 12 heteroatoms. The zero-order valence-electron chi connectivity index (χ0n) is 24.4. The summed E-state index contributed by atoms with van der Waals surface area (Å²) in [6.07, 6.45) is 5.80. The zero-order valence-corrected chi connectivity index (χ0v) is 25.1. The van der Waals surface area contributed by atoms with Gasteiger partial charge in [-0.3, -0.25) is 14.9 Å². The van der Waals surface area contributed by atoms with Crippen LogP contribution >= 0.6 is 11.6 Å². The van der Waals surface area contributed by atoms with Crippen molar-refractivity contribution in [3.8, 4) is 0 Å². The van der Waals surface area contributed by atoms with Crippen molar-refractivity contribution in [3.05, 3.63) is 58.7 Å². The number of H-pyrrole nitrogens is 1. The van der Waals surface area contributed by atoms with Crippen molar-refractivity contribution in [1.29, 1.82) is 0 Å². The molecule has 3 amide bonds. The minimum Gasteiger partial charge on any atom is -0.444 e. The molecule has 3 aliphatic rings. The molecule has 3 aliphatic heterocycles. The number of likely N-dealkylation sites (tertiary alicyclic amines) is 2. The monoisotopic (exact) mass is 607 g/mol. The number of amides is 3. The first kappa shape index (κ1) is 29.4. The van der Waals surface area contributed by atoms with E-state index in [1.54, 1.807) is 17.2 Å². The first-order chi connectivity index (χ1) is 20.9. The van der Waals surface area contributed by atoms with E-state index in [0.717, 1.165) is 66.4 Å². The van der Waals surface area contributed by atoms with Crippen LogP contribution < -0.4 is 10.6 Å². The van der Waals surface area contributed by atoms with E-state index in [1.165, 1.54) is 0 Å². The maximum Gasteiger partial charge on any atom is 0.411 e. The first-order valence-corrected chi connectivity index (χ1v) is 15.4. The van der Waals surface area contributed by atoms with E-state index in [-0.39, 0.29) is 25.1 Å². The number of carbonyl (C=O) groups excluding carboxylic acids is 3. The Morgan fingerprint density at radius 2 is 2.00 bits per heavy atom. The number of nitrogens with zero attached hydrogens (tertiary/aromatic N) is 4. The fourth-order valence-electron chi connectivity index (χ4n) is 7.06. The highest BCUT2D eigenvalue weighted by atomic mass is 35.5. The Morgan fingerprint density at radius 3 is 2.79 bits per heavy atom. The average Bonchev–Trinajstić information content (AvgIpc) is 3.43. The summed E-state index contributed by atoms with van der Waals surface area (Å²) < 4.78 is 5.90. The van der Waals surface area contributed by atoms with Gasteiger partial charge in [-0.1, -0.05) is 29.8 Å². The van der Waals surface area contributed by atoms with Crippen LogP contribution in [0.4, 0.5) is 15.3 Å². The van der Waals surface area contributed by atoms with Crippen molar-refractivity contribution in [2.45, 2.75) is 62.9 Å². The molecule has 2 aromatic carbocycles. The van der Waals surface area contributed by atoms with Gasteiger partial charge in [0.2, 0.25) is 0 Å². The van der Waals surface area contributed by atoms with Crippen molar-refractivity contribution in [2.75, 3.05) is 38.5 Å². The number of para-hydroxylation sites is 1. The molecule has 11 nitrogen and oxygen atoms in total. The van der Waals surface area contributed by atoms with E-state index >= 15 is 0 Å². The van der Waals surface area contributed by atoms with Crippen molar-refractivity contribution in [2.24, 2.45) is 0 Å². The van der Waals surface area contributed by atoms with E-state index < -0.39 is 11.8 Å². The summed E-state index contributed by atoms with van der Waals surface area (Å²) in [5.41, 5.74) is 2.50. The number of hydrogen-bond donors (Lipinski definition) is 3. The lowest BCUT2D eigenvalue weighted by Crippen LogP contribution is -2.69. The van der Waals surface area contributed by atoms with Crippen LogP contribution in [-0.4, -0.2) is 94.3 Å². The second-order valence-corrected chi connectivity index (χ2v) is 12.1. The van der Waals surface area contributed by atoms with Crippen LogP contribution in [0, 0.1) is 0 Å². The predicted molar refractivity (Wildman–Crippen MR) is 164 cm³/mol. The molecule has 228 valence electrons. The topological polar surface area (TPSA) is 123 Å². The van der Waals surface area contributed by atoms with Crippen LogP contribution in [0.25, 0.3) is 10.9 Å². The lowest BCUT2D eigenvalue weighted by molar-refractivity contribution is -0.127. The van der Waals surface area contributed by atoms with Gasteiger partial charge < -0.3 is 25.1 Å². The van der Waals surface area contributed by atoms with Crippen LogP contribution in [-0.2, 0) is 22.6 Å². The molecule has 1 aromatic heterocycles. The van der Waals surface area contributed by atoms with Crippen molar-refractivity contribution < 1.29 is 19.1 Å². The van der Waals surface area contributed by atoms with E-state index in [0.29, 0.717) is 37.0 Å². The van der Waals surface area contributed by atoms with Crippen molar-refractivity contribution >= 4 is 46.6 Å². The van der Waals surface area contributed by atoms with Crippen LogP contribution in [0.1, 0.15) is 43.2 Å². The van der Waals surface area contributed by atoms with E-state index in [2.05, 4.69) is 25.7 Å². The normalized spacial score (nSPS) is 23.5. The van der Waals surface area contributed by atoms with E-state index in [9.17, 15) is 14.4 Å². The second-order valence-electron chi connectivity index (χ2n) is 11.7. The number of urea groups is 1. The van der Waals surface area contributed by atoms with Gasteiger partial charge in [-0.25, -0.2) is 9.59 Å². The summed E-state index contributed by atoms with van der Waals surface area (Å²) in [7, 11) is 1.96. The van der Waals surface area contributed by atoms with Gasteiger partial charge in [0, 0.05) is 62.2 Å². The van der Waals surface area contributed by atoms with Crippen molar-refractivity contribution in [1.82, 2.24) is 30.2 Å². The van der Waals surface area contributed by atoms with Gasteiger partial charge in [0.1, 0.15) is 18.6 Å². The Labute approximate surface area is 255 Å². The number of anilines is 1. The smallest absolute Gasteiger partial charge is 0.411 e. The van der Waals surface area contributed by atoms with Gasteiger partial charge in [-0.15, -0.1) is 0 Å². The zero-order chi connectivity index (χ0) is 30.0. The second kappa shape index (κ2) is 12.5. The number of aromatic amines is 1. The van der Waals surface area contributed by atoms with Crippen LogP contribution in [0.15, 0.2) is 42.6 Å². The Hall–Kier alpha value is -3.67. The Bertz CT molecular complexity index is 1490. The van der Waals surface area contributed by atoms with Crippen LogP contribution in [0.2, 0.25) is 5.02 Å². The minimum atomic E-state index is -0.911. The SMILES string of the molecule is CNC1CCN([C@]2(CC=O)C[C@H](N3CCc4ccccc4NC3=O)CCN2C(=O)OCc2cc(Cl)c3[nH]ncc3c2)CC1. The van der Waals surface area contributed by atoms with E-state index in [1.807, 2.05) is 42.3 Å². The number of rotatable bonds is 7. The van der Waals surface area contributed by atoms with Crippen LogP contribution in [0.3, 0.4) is 0 Å². The average molecular weight is 608 g/mol. The molecular formula is C31H38ClN7O4. The first-order valence-electron chi connectivity index (χ1n) is 15.0. The number of halogens is 1. The Kier molecular flexibility index (Phi) is 8.56. The molecule has 3 N–H and O–H groups in total. The quantitative estimate of drug-likeness (QED) is 0.341. The Morgan fingerprint density at radius 1 is 1.19 bits per heavy atom. The number of aromatic nitrogens is 2. The van der Waals surface area contributed by atoms with Gasteiger partial charge in [-0.2, -0.15) is 5.10 Å². The highest BCUT2D eigenvalue weighted by Gasteiger charge is 2.51. The minimum absolute atomic E-state index is 0.0331.